The minimum atomic E-state index is -0.161. The summed E-state index contributed by atoms with van der Waals surface area (Å²) in [6.45, 7) is 3.98. The fourth-order valence-electron chi connectivity index (χ4n) is 3.53. The summed E-state index contributed by atoms with van der Waals surface area (Å²) in [4.78, 5) is 16.4. The highest BCUT2D eigenvalue weighted by atomic mass is 16.1. The number of fused-ring (bicyclic) bond motifs is 1. The molecule has 0 aliphatic rings. The molecule has 1 atom stereocenters. The number of aryl methyl sites for hydroxylation is 1. The molecule has 1 amide bonds. The second kappa shape index (κ2) is 7.75. The number of anilines is 1. The summed E-state index contributed by atoms with van der Waals surface area (Å²) in [6, 6.07) is 14.2. The van der Waals surface area contributed by atoms with Crippen LogP contribution >= 0.6 is 0 Å². The van der Waals surface area contributed by atoms with Crippen LogP contribution in [0.5, 0.6) is 0 Å². The molecule has 0 saturated carbocycles. The lowest BCUT2D eigenvalue weighted by Gasteiger charge is -2.14. The van der Waals surface area contributed by atoms with Crippen molar-refractivity contribution in [2.24, 2.45) is 0 Å². The van der Waals surface area contributed by atoms with Crippen molar-refractivity contribution >= 4 is 22.6 Å². The van der Waals surface area contributed by atoms with Gasteiger partial charge in [-0.05, 0) is 25.3 Å². The van der Waals surface area contributed by atoms with E-state index in [1.807, 2.05) is 42.9 Å². The zero-order valence-corrected chi connectivity index (χ0v) is 16.4. The molecule has 8 heteroatoms. The number of benzene rings is 2. The summed E-state index contributed by atoms with van der Waals surface area (Å²) < 4.78 is 1.93. The van der Waals surface area contributed by atoms with Crippen molar-refractivity contribution in [2.45, 2.75) is 32.7 Å². The van der Waals surface area contributed by atoms with Crippen molar-refractivity contribution in [1.29, 1.82) is 0 Å². The molecule has 0 saturated heterocycles. The van der Waals surface area contributed by atoms with Crippen molar-refractivity contribution in [3.8, 4) is 5.69 Å². The Balaban J connectivity index is 1.49. The molecule has 148 valence electrons. The number of nitrogens with zero attached hydrogens (tertiary/aromatic N) is 4. The maximum Gasteiger partial charge on any atom is 0.239 e. The second-order valence-electron chi connectivity index (χ2n) is 7.02. The summed E-state index contributed by atoms with van der Waals surface area (Å²) in [5, 5.41) is 16.4. The van der Waals surface area contributed by atoms with E-state index < -0.39 is 0 Å². The van der Waals surface area contributed by atoms with Crippen LogP contribution in [0.2, 0.25) is 0 Å². The summed E-state index contributed by atoms with van der Waals surface area (Å²) in [6.07, 6.45) is 2.58. The fourth-order valence-corrected chi connectivity index (χ4v) is 3.53. The highest BCUT2D eigenvalue weighted by Gasteiger charge is 2.17. The van der Waals surface area contributed by atoms with E-state index in [0.29, 0.717) is 18.7 Å². The standard InChI is InChI=1S/C21H23N7O/c1-13(24-20(29)11-10-19-25-21(22)27-26-19)17-12-23-28(14(17)2)18-9-5-7-15-6-3-4-8-16(15)18/h3-9,12-13H,10-11H2,1-2H3,(H,24,29)(H3,22,25,26,27). The van der Waals surface area contributed by atoms with Gasteiger partial charge in [-0.2, -0.15) is 10.1 Å². The number of amides is 1. The van der Waals surface area contributed by atoms with Crippen molar-refractivity contribution in [3.05, 3.63) is 65.7 Å². The van der Waals surface area contributed by atoms with E-state index in [1.165, 1.54) is 0 Å². The van der Waals surface area contributed by atoms with Gasteiger partial charge in [0.15, 0.2) is 0 Å². The first-order valence-corrected chi connectivity index (χ1v) is 9.51. The molecule has 2 heterocycles. The molecule has 0 radical (unpaired) electrons. The molecule has 4 rings (SSSR count). The van der Waals surface area contributed by atoms with Gasteiger partial charge < -0.3 is 11.1 Å². The molecule has 0 fully saturated rings. The Hall–Kier alpha value is -3.68. The summed E-state index contributed by atoms with van der Waals surface area (Å²) >= 11 is 0. The lowest BCUT2D eigenvalue weighted by atomic mass is 10.1. The predicted molar refractivity (Wildman–Crippen MR) is 111 cm³/mol. The van der Waals surface area contributed by atoms with Crippen molar-refractivity contribution in [1.82, 2.24) is 30.3 Å². The number of hydrogen-bond donors (Lipinski definition) is 3. The molecule has 4 N–H and O–H groups in total. The van der Waals surface area contributed by atoms with Gasteiger partial charge in [-0.15, -0.1) is 5.10 Å². The van der Waals surface area contributed by atoms with E-state index in [-0.39, 0.29) is 17.9 Å². The Morgan fingerprint density at radius 2 is 2.03 bits per heavy atom. The predicted octanol–water partition coefficient (Wildman–Crippen LogP) is 2.84. The van der Waals surface area contributed by atoms with E-state index >= 15 is 0 Å². The van der Waals surface area contributed by atoms with Crippen molar-refractivity contribution < 1.29 is 4.79 Å². The number of aromatic nitrogens is 5. The maximum atomic E-state index is 12.3. The van der Waals surface area contributed by atoms with Gasteiger partial charge in [0.1, 0.15) is 5.82 Å². The average molecular weight is 389 g/mol. The minimum absolute atomic E-state index is 0.0650. The Morgan fingerprint density at radius 3 is 2.83 bits per heavy atom. The first-order chi connectivity index (χ1) is 14.0. The zero-order chi connectivity index (χ0) is 20.4. The molecule has 0 spiro atoms. The lowest BCUT2D eigenvalue weighted by Crippen LogP contribution is -2.27. The van der Waals surface area contributed by atoms with Gasteiger partial charge in [-0.25, -0.2) is 4.68 Å². The van der Waals surface area contributed by atoms with E-state index in [0.717, 1.165) is 27.7 Å². The van der Waals surface area contributed by atoms with E-state index in [4.69, 9.17) is 5.73 Å². The normalized spacial score (nSPS) is 12.2. The molecule has 4 aromatic rings. The maximum absolute atomic E-state index is 12.3. The smallest absolute Gasteiger partial charge is 0.239 e. The van der Waals surface area contributed by atoms with E-state index in [2.05, 4.69) is 49.9 Å². The average Bonchev–Trinajstić information content (AvgIpc) is 3.31. The van der Waals surface area contributed by atoms with Gasteiger partial charge in [0.2, 0.25) is 11.9 Å². The van der Waals surface area contributed by atoms with Crippen LogP contribution in [0.3, 0.4) is 0 Å². The van der Waals surface area contributed by atoms with Crippen molar-refractivity contribution in [3.63, 3.8) is 0 Å². The first kappa shape index (κ1) is 18.7. The molecule has 2 aromatic heterocycles. The Bertz CT molecular complexity index is 1160. The number of H-pyrrole nitrogens is 1. The number of carbonyl (C=O) groups is 1. The molecule has 2 aromatic carbocycles. The molecule has 0 bridgehead atoms. The number of hydrogen-bond acceptors (Lipinski definition) is 5. The number of rotatable bonds is 6. The zero-order valence-electron chi connectivity index (χ0n) is 16.4. The number of carbonyl (C=O) groups excluding carboxylic acids is 1. The van der Waals surface area contributed by atoms with Crippen LogP contribution < -0.4 is 11.1 Å². The third kappa shape index (κ3) is 3.82. The largest absolute Gasteiger partial charge is 0.367 e. The van der Waals surface area contributed by atoms with Crippen molar-refractivity contribution in [2.75, 3.05) is 5.73 Å². The Morgan fingerprint density at radius 1 is 1.24 bits per heavy atom. The van der Waals surface area contributed by atoms with Gasteiger partial charge in [0, 0.05) is 29.5 Å². The third-order valence-corrected chi connectivity index (χ3v) is 5.02. The van der Waals surface area contributed by atoms with E-state index in [9.17, 15) is 4.79 Å². The molecule has 29 heavy (non-hydrogen) atoms. The highest BCUT2D eigenvalue weighted by molar-refractivity contribution is 5.90. The monoisotopic (exact) mass is 389 g/mol. The molecular weight excluding hydrogens is 366 g/mol. The quantitative estimate of drug-likeness (QED) is 0.469. The third-order valence-electron chi connectivity index (χ3n) is 5.02. The molecule has 8 nitrogen and oxygen atoms in total. The van der Waals surface area contributed by atoms with Crippen LogP contribution in [0, 0.1) is 6.92 Å². The van der Waals surface area contributed by atoms with Crippen LogP contribution in [0.15, 0.2) is 48.7 Å². The van der Waals surface area contributed by atoms with Gasteiger partial charge in [-0.1, -0.05) is 36.4 Å². The number of nitrogens with two attached hydrogens (primary N) is 1. The second-order valence-corrected chi connectivity index (χ2v) is 7.02. The number of nitrogens with one attached hydrogen (secondary N) is 2. The summed E-state index contributed by atoms with van der Waals surface area (Å²) in [5.41, 5.74) is 8.48. The SMILES string of the molecule is Cc1c(C(C)NC(=O)CCc2nc(N)n[nH]2)cnn1-c1cccc2ccccc12. The van der Waals surface area contributed by atoms with Gasteiger partial charge in [0.25, 0.3) is 0 Å². The number of nitrogen functional groups attached to an aromatic ring is 1. The Labute approximate surface area is 168 Å². The summed E-state index contributed by atoms with van der Waals surface area (Å²) in [7, 11) is 0. The molecule has 0 aliphatic carbocycles. The first-order valence-electron chi connectivity index (χ1n) is 9.51. The van der Waals surface area contributed by atoms with Gasteiger partial charge >= 0.3 is 0 Å². The van der Waals surface area contributed by atoms with Crippen LogP contribution in [0.4, 0.5) is 5.95 Å². The number of aromatic amines is 1. The molecular formula is C21H23N7O. The molecule has 1 unspecified atom stereocenters. The van der Waals surface area contributed by atoms with Crippen LogP contribution in [0.25, 0.3) is 16.5 Å². The van der Waals surface area contributed by atoms with Crippen LogP contribution in [-0.4, -0.2) is 30.9 Å². The topological polar surface area (TPSA) is 115 Å². The highest BCUT2D eigenvalue weighted by Crippen LogP contribution is 2.25. The lowest BCUT2D eigenvalue weighted by molar-refractivity contribution is -0.121. The van der Waals surface area contributed by atoms with Crippen LogP contribution in [0.1, 0.15) is 36.5 Å². The van der Waals surface area contributed by atoms with Gasteiger partial charge in [-0.3, -0.25) is 9.89 Å². The molecule has 0 aliphatic heterocycles. The van der Waals surface area contributed by atoms with Gasteiger partial charge in [0.05, 0.1) is 17.9 Å². The Kier molecular flexibility index (Phi) is 4.99. The fraction of sp³-hybridized carbons (Fsp3) is 0.238. The summed E-state index contributed by atoms with van der Waals surface area (Å²) in [5.74, 6) is 0.722. The van der Waals surface area contributed by atoms with E-state index in [1.54, 1.807) is 0 Å². The minimum Gasteiger partial charge on any atom is -0.367 e. The van der Waals surface area contributed by atoms with Crippen LogP contribution in [-0.2, 0) is 11.2 Å².